The maximum atomic E-state index is 5.07. The lowest BCUT2D eigenvalue weighted by Gasteiger charge is -1.94. The summed E-state index contributed by atoms with van der Waals surface area (Å²) < 4.78 is 5.07. The van der Waals surface area contributed by atoms with Crippen molar-refractivity contribution in [3.8, 4) is 0 Å². The van der Waals surface area contributed by atoms with Gasteiger partial charge < -0.3 is 9.73 Å². The van der Waals surface area contributed by atoms with Crippen molar-refractivity contribution in [3.63, 3.8) is 0 Å². The van der Waals surface area contributed by atoms with Crippen LogP contribution in [0.15, 0.2) is 22.8 Å². The van der Waals surface area contributed by atoms with Gasteiger partial charge in [-0.25, -0.2) is 0 Å². The molecule has 0 fully saturated rings. The van der Waals surface area contributed by atoms with Crippen LogP contribution in [-0.4, -0.2) is 6.54 Å². The summed E-state index contributed by atoms with van der Waals surface area (Å²) in [5.74, 6) is 0.997. The largest absolute Gasteiger partial charge is 0.468 e. The van der Waals surface area contributed by atoms with Gasteiger partial charge in [0.2, 0.25) is 0 Å². The van der Waals surface area contributed by atoms with Crippen LogP contribution in [0.5, 0.6) is 0 Å². The first-order valence-electron chi connectivity index (χ1n) is 3.16. The fraction of sp³-hybridized carbons (Fsp3) is 0.429. The van der Waals surface area contributed by atoms with Crippen molar-refractivity contribution in [1.29, 1.82) is 0 Å². The predicted octanol–water partition coefficient (Wildman–Crippen LogP) is 1.64. The van der Waals surface area contributed by atoms with E-state index >= 15 is 0 Å². The van der Waals surface area contributed by atoms with E-state index in [1.807, 2.05) is 12.1 Å². The average molecular weight is 127 g/mol. The molecule has 9 heavy (non-hydrogen) atoms. The molecule has 2 heteroatoms. The third-order valence-corrected chi connectivity index (χ3v) is 1.13. The third-order valence-electron chi connectivity index (χ3n) is 1.13. The summed E-state index contributed by atoms with van der Waals surface area (Å²) in [6.07, 6.45) is 1.69. The number of rotatable bonds is 3. The van der Waals surface area contributed by atoms with Gasteiger partial charge in [-0.2, -0.15) is 0 Å². The molecule has 0 spiro atoms. The Morgan fingerprint density at radius 2 is 2.67 bits per heavy atom. The molecule has 0 saturated carbocycles. The van der Waals surface area contributed by atoms with Crippen LogP contribution in [0.1, 0.15) is 14.1 Å². The Labute approximate surface area is 56.4 Å². The molecule has 1 aromatic heterocycles. The molecule has 0 amide bonds. The van der Waals surface area contributed by atoms with Crippen molar-refractivity contribution >= 4 is 0 Å². The van der Waals surface area contributed by atoms with Gasteiger partial charge in [0.25, 0.3) is 0 Å². The minimum atomic E-state index is 0. The second-order valence-electron chi connectivity index (χ2n) is 1.86. The van der Waals surface area contributed by atoms with Crippen molar-refractivity contribution in [1.82, 2.24) is 5.32 Å². The van der Waals surface area contributed by atoms with Crippen molar-refractivity contribution in [3.05, 3.63) is 24.2 Å². The maximum Gasteiger partial charge on any atom is 0.117 e. The molecule has 1 heterocycles. The number of hydrogen-bond acceptors (Lipinski definition) is 2. The highest BCUT2D eigenvalue weighted by Gasteiger charge is 1.89. The van der Waals surface area contributed by atoms with E-state index in [0.717, 1.165) is 18.8 Å². The van der Waals surface area contributed by atoms with Crippen molar-refractivity contribution < 1.29 is 5.84 Å². The Bertz CT molecular complexity index is 151. The normalized spacial score (nSPS) is 9.89. The lowest BCUT2D eigenvalue weighted by molar-refractivity contribution is 0.487. The first-order chi connectivity index (χ1) is 4.43. The lowest BCUT2D eigenvalue weighted by atomic mass is 10.4. The maximum absolute atomic E-state index is 5.07. The molecule has 0 saturated heterocycles. The Morgan fingerprint density at radius 1 is 1.78 bits per heavy atom. The number of furan rings is 1. The molecule has 1 N–H and O–H groups in total. The quantitative estimate of drug-likeness (QED) is 0.667. The van der Waals surface area contributed by atoms with Gasteiger partial charge >= 0.3 is 0 Å². The molecule has 0 bridgehead atoms. The molecule has 0 aromatic carbocycles. The van der Waals surface area contributed by atoms with E-state index in [1.165, 1.54) is 0 Å². The van der Waals surface area contributed by atoms with E-state index < -0.39 is 0 Å². The summed E-state index contributed by atoms with van der Waals surface area (Å²) in [4.78, 5) is 0. The summed E-state index contributed by atoms with van der Waals surface area (Å²) >= 11 is 0. The molecule has 52 valence electrons. The van der Waals surface area contributed by atoms with Gasteiger partial charge in [0.15, 0.2) is 0 Å². The number of hydrogen-bond donors (Lipinski definition) is 1. The summed E-state index contributed by atoms with van der Waals surface area (Å²) in [7, 11) is 0. The van der Waals surface area contributed by atoms with Gasteiger partial charge in [-0.1, -0.05) is 6.92 Å². The summed E-state index contributed by atoms with van der Waals surface area (Å²) in [6, 6.07) is 3.86. The van der Waals surface area contributed by atoms with Crippen LogP contribution < -0.4 is 5.32 Å². The van der Waals surface area contributed by atoms with Gasteiger partial charge in [-0.3, -0.25) is 0 Å². The SMILES string of the molecule is CCNCc1ccco1.[HH]. The lowest BCUT2D eigenvalue weighted by Crippen LogP contribution is -2.10. The molecule has 0 unspecified atom stereocenters. The highest BCUT2D eigenvalue weighted by atomic mass is 16.3. The Kier molecular flexibility index (Phi) is 2.33. The van der Waals surface area contributed by atoms with Gasteiger partial charge in [0.05, 0.1) is 12.8 Å². The second-order valence-corrected chi connectivity index (χ2v) is 1.86. The molecule has 0 aliphatic heterocycles. The first-order valence-corrected chi connectivity index (χ1v) is 3.16. The van der Waals surface area contributed by atoms with Gasteiger partial charge in [0, 0.05) is 1.43 Å². The Morgan fingerprint density at radius 3 is 3.22 bits per heavy atom. The average Bonchev–Trinajstić information content (AvgIpc) is 2.34. The zero-order chi connectivity index (χ0) is 6.53. The Hall–Kier alpha value is -0.760. The van der Waals surface area contributed by atoms with Crippen LogP contribution >= 0.6 is 0 Å². The van der Waals surface area contributed by atoms with E-state index in [9.17, 15) is 0 Å². The zero-order valence-electron chi connectivity index (χ0n) is 5.55. The van der Waals surface area contributed by atoms with Gasteiger partial charge in [-0.15, -0.1) is 0 Å². The minimum Gasteiger partial charge on any atom is -0.468 e. The van der Waals surface area contributed by atoms with Crippen molar-refractivity contribution in [2.24, 2.45) is 0 Å². The van der Waals surface area contributed by atoms with E-state index in [4.69, 9.17) is 4.42 Å². The third kappa shape index (κ3) is 1.90. The van der Waals surface area contributed by atoms with E-state index in [0.29, 0.717) is 0 Å². The van der Waals surface area contributed by atoms with Crippen LogP contribution in [-0.2, 0) is 6.54 Å². The van der Waals surface area contributed by atoms with E-state index in [-0.39, 0.29) is 1.43 Å². The smallest absolute Gasteiger partial charge is 0.117 e. The molecule has 1 aromatic rings. The summed E-state index contributed by atoms with van der Waals surface area (Å²) in [5, 5.41) is 3.16. The molecule has 2 nitrogen and oxygen atoms in total. The number of nitrogens with one attached hydrogen (secondary N) is 1. The van der Waals surface area contributed by atoms with Crippen LogP contribution in [0.3, 0.4) is 0 Å². The second kappa shape index (κ2) is 3.30. The first kappa shape index (κ1) is 6.36. The van der Waals surface area contributed by atoms with Crippen molar-refractivity contribution in [2.45, 2.75) is 13.5 Å². The van der Waals surface area contributed by atoms with Gasteiger partial charge in [0.1, 0.15) is 5.76 Å². The fourth-order valence-corrected chi connectivity index (χ4v) is 0.661. The van der Waals surface area contributed by atoms with E-state index in [1.54, 1.807) is 6.26 Å². The van der Waals surface area contributed by atoms with E-state index in [2.05, 4.69) is 12.2 Å². The highest BCUT2D eigenvalue weighted by molar-refractivity contribution is 4.97. The zero-order valence-corrected chi connectivity index (χ0v) is 5.55. The molecule has 0 radical (unpaired) electrons. The standard InChI is InChI=1S/C7H11NO.H2/c1-2-8-6-7-4-3-5-9-7;/h3-5,8H,2,6H2,1H3;1H. The van der Waals surface area contributed by atoms with Crippen LogP contribution in [0.2, 0.25) is 0 Å². The molecular weight excluding hydrogens is 114 g/mol. The minimum absolute atomic E-state index is 0. The Balaban J connectivity index is 0.000000810. The van der Waals surface area contributed by atoms with Crippen molar-refractivity contribution in [2.75, 3.05) is 6.54 Å². The monoisotopic (exact) mass is 127 g/mol. The van der Waals surface area contributed by atoms with Crippen LogP contribution in [0, 0.1) is 0 Å². The van der Waals surface area contributed by atoms with Crippen LogP contribution in [0.4, 0.5) is 0 Å². The fourth-order valence-electron chi connectivity index (χ4n) is 0.661. The molecule has 0 aliphatic carbocycles. The topological polar surface area (TPSA) is 25.2 Å². The molecule has 0 aliphatic rings. The van der Waals surface area contributed by atoms with Crippen LogP contribution in [0.25, 0.3) is 0 Å². The molecule has 0 atom stereocenters. The van der Waals surface area contributed by atoms with Gasteiger partial charge in [-0.05, 0) is 18.7 Å². The predicted molar refractivity (Wildman–Crippen MR) is 38.2 cm³/mol. The summed E-state index contributed by atoms with van der Waals surface area (Å²) in [6.45, 7) is 3.90. The summed E-state index contributed by atoms with van der Waals surface area (Å²) in [5.41, 5.74) is 0. The highest BCUT2D eigenvalue weighted by Crippen LogP contribution is 1.97. The molecular formula is C7H13NO. The molecule has 1 rings (SSSR count).